The lowest BCUT2D eigenvalue weighted by atomic mass is 10.1. The maximum atomic E-state index is 12.2. The van der Waals surface area contributed by atoms with E-state index < -0.39 is 0 Å². The summed E-state index contributed by atoms with van der Waals surface area (Å²) in [6.45, 7) is 4.88. The van der Waals surface area contributed by atoms with Crippen molar-refractivity contribution in [1.29, 1.82) is 0 Å². The van der Waals surface area contributed by atoms with E-state index >= 15 is 0 Å². The third-order valence-corrected chi connectivity index (χ3v) is 5.00. The monoisotopic (exact) mass is 299 g/mol. The molecule has 0 aliphatic carbocycles. The number of nitrogens with zero attached hydrogens (tertiary/aromatic N) is 1. The van der Waals surface area contributed by atoms with E-state index in [-0.39, 0.29) is 17.9 Å². The van der Waals surface area contributed by atoms with Gasteiger partial charge in [-0.1, -0.05) is 6.92 Å². The lowest BCUT2D eigenvalue weighted by molar-refractivity contribution is -0.138. The maximum absolute atomic E-state index is 12.2. The third-order valence-electron chi connectivity index (χ3n) is 3.98. The van der Waals surface area contributed by atoms with Crippen molar-refractivity contribution in [3.05, 3.63) is 0 Å². The standard InChI is InChI=1S/C14H25N3O2S/c1-2-3-13(18)17-10-20-9-12(17)14(19)16-7-5-11-4-6-15-8-11/h11-12,15H,2-10H2,1H3,(H,16,19). The summed E-state index contributed by atoms with van der Waals surface area (Å²) in [6, 6.07) is -0.263. The third kappa shape index (κ3) is 4.12. The molecule has 0 aromatic carbocycles. The number of hydrogen-bond donors (Lipinski definition) is 2. The molecule has 2 heterocycles. The second-order valence-corrected chi connectivity index (χ2v) is 6.57. The Labute approximate surface area is 125 Å². The molecule has 0 aromatic heterocycles. The Hall–Kier alpha value is -0.750. The summed E-state index contributed by atoms with van der Waals surface area (Å²) in [7, 11) is 0. The van der Waals surface area contributed by atoms with Gasteiger partial charge in [0.25, 0.3) is 0 Å². The zero-order chi connectivity index (χ0) is 14.4. The van der Waals surface area contributed by atoms with Crippen LogP contribution in [0.25, 0.3) is 0 Å². The lowest BCUT2D eigenvalue weighted by Gasteiger charge is -2.23. The summed E-state index contributed by atoms with van der Waals surface area (Å²) in [5.41, 5.74) is 0. The molecule has 2 amide bonds. The fourth-order valence-corrected chi connectivity index (χ4v) is 3.92. The van der Waals surface area contributed by atoms with E-state index in [2.05, 4.69) is 10.6 Å². The first-order chi connectivity index (χ1) is 9.72. The first kappa shape index (κ1) is 15.6. The normalized spacial score (nSPS) is 25.9. The Morgan fingerprint density at radius 3 is 3.00 bits per heavy atom. The van der Waals surface area contributed by atoms with E-state index in [1.54, 1.807) is 16.7 Å². The van der Waals surface area contributed by atoms with Gasteiger partial charge in [0, 0.05) is 18.7 Å². The Bertz CT molecular complexity index is 345. The molecule has 2 saturated heterocycles. The van der Waals surface area contributed by atoms with Crippen LogP contribution in [0.1, 0.15) is 32.6 Å². The molecule has 114 valence electrons. The Morgan fingerprint density at radius 1 is 1.45 bits per heavy atom. The Kier molecular flexibility index (Phi) is 6.16. The van der Waals surface area contributed by atoms with Gasteiger partial charge < -0.3 is 15.5 Å². The number of nitrogens with one attached hydrogen (secondary N) is 2. The zero-order valence-electron chi connectivity index (χ0n) is 12.2. The van der Waals surface area contributed by atoms with Gasteiger partial charge in [-0.25, -0.2) is 0 Å². The summed E-state index contributed by atoms with van der Waals surface area (Å²) < 4.78 is 0. The molecule has 0 saturated carbocycles. The van der Waals surface area contributed by atoms with Crippen molar-refractivity contribution in [3.8, 4) is 0 Å². The fraction of sp³-hybridized carbons (Fsp3) is 0.857. The van der Waals surface area contributed by atoms with Crippen LogP contribution in [0.15, 0.2) is 0 Å². The van der Waals surface area contributed by atoms with Crippen molar-refractivity contribution in [2.75, 3.05) is 31.3 Å². The molecular formula is C14H25N3O2S. The van der Waals surface area contributed by atoms with Crippen LogP contribution in [0, 0.1) is 5.92 Å². The number of amides is 2. The molecule has 2 aliphatic rings. The van der Waals surface area contributed by atoms with E-state index in [4.69, 9.17) is 0 Å². The van der Waals surface area contributed by atoms with Crippen molar-refractivity contribution < 1.29 is 9.59 Å². The quantitative estimate of drug-likeness (QED) is 0.762. The van der Waals surface area contributed by atoms with Gasteiger partial charge in [-0.3, -0.25) is 9.59 Å². The van der Waals surface area contributed by atoms with E-state index in [1.165, 1.54) is 6.42 Å². The molecule has 2 atom stereocenters. The molecular weight excluding hydrogens is 274 g/mol. The van der Waals surface area contributed by atoms with Crippen molar-refractivity contribution in [2.24, 2.45) is 5.92 Å². The SMILES string of the molecule is CCCC(=O)N1CSCC1C(=O)NCCC1CCNC1. The minimum Gasteiger partial charge on any atom is -0.354 e. The van der Waals surface area contributed by atoms with E-state index in [1.807, 2.05) is 6.92 Å². The molecule has 2 rings (SSSR count). The molecule has 2 unspecified atom stereocenters. The Balaban J connectivity index is 1.74. The average molecular weight is 299 g/mol. The first-order valence-corrected chi connectivity index (χ1v) is 8.73. The molecule has 2 fully saturated rings. The van der Waals surface area contributed by atoms with Crippen molar-refractivity contribution in [1.82, 2.24) is 15.5 Å². The maximum Gasteiger partial charge on any atom is 0.243 e. The van der Waals surface area contributed by atoms with Crippen LogP contribution in [-0.2, 0) is 9.59 Å². The minimum atomic E-state index is -0.263. The zero-order valence-corrected chi connectivity index (χ0v) is 13.0. The molecule has 0 spiro atoms. The molecule has 20 heavy (non-hydrogen) atoms. The number of carbonyl (C=O) groups is 2. The topological polar surface area (TPSA) is 61.4 Å². The van der Waals surface area contributed by atoms with Crippen molar-refractivity contribution >= 4 is 23.6 Å². The molecule has 0 radical (unpaired) electrons. The van der Waals surface area contributed by atoms with Crippen LogP contribution >= 0.6 is 11.8 Å². The van der Waals surface area contributed by atoms with E-state index in [9.17, 15) is 9.59 Å². The second kappa shape index (κ2) is 7.88. The smallest absolute Gasteiger partial charge is 0.243 e. The van der Waals surface area contributed by atoms with Crippen LogP contribution in [0.3, 0.4) is 0 Å². The van der Waals surface area contributed by atoms with Gasteiger partial charge in [0.2, 0.25) is 11.8 Å². The van der Waals surface area contributed by atoms with Gasteiger partial charge in [0.05, 0.1) is 5.88 Å². The fourth-order valence-electron chi connectivity index (χ4n) is 2.74. The van der Waals surface area contributed by atoms with Crippen LogP contribution in [0.5, 0.6) is 0 Å². The molecule has 0 aromatic rings. The van der Waals surface area contributed by atoms with Gasteiger partial charge in [-0.2, -0.15) is 0 Å². The van der Waals surface area contributed by atoms with Gasteiger partial charge in [-0.05, 0) is 38.3 Å². The second-order valence-electron chi connectivity index (χ2n) is 5.57. The number of rotatable bonds is 6. The number of hydrogen-bond acceptors (Lipinski definition) is 4. The number of carbonyl (C=O) groups excluding carboxylic acids is 2. The largest absolute Gasteiger partial charge is 0.354 e. The van der Waals surface area contributed by atoms with Crippen LogP contribution in [0.2, 0.25) is 0 Å². The van der Waals surface area contributed by atoms with Crippen LogP contribution in [-0.4, -0.2) is 54.0 Å². The summed E-state index contributed by atoms with van der Waals surface area (Å²) in [5, 5.41) is 6.34. The average Bonchev–Trinajstić information content (AvgIpc) is 3.10. The summed E-state index contributed by atoms with van der Waals surface area (Å²) in [6.07, 6.45) is 3.61. The molecule has 6 heteroatoms. The van der Waals surface area contributed by atoms with E-state index in [0.29, 0.717) is 18.2 Å². The highest BCUT2D eigenvalue weighted by Gasteiger charge is 2.33. The van der Waals surface area contributed by atoms with Crippen LogP contribution < -0.4 is 10.6 Å². The van der Waals surface area contributed by atoms with Crippen molar-refractivity contribution in [3.63, 3.8) is 0 Å². The number of thioether (sulfide) groups is 1. The van der Waals surface area contributed by atoms with E-state index in [0.717, 1.165) is 38.2 Å². The minimum absolute atomic E-state index is 0.0189. The lowest BCUT2D eigenvalue weighted by Crippen LogP contribution is -2.47. The van der Waals surface area contributed by atoms with Gasteiger partial charge >= 0.3 is 0 Å². The predicted octanol–water partition coefficient (Wildman–Crippen LogP) is 0.804. The highest BCUT2D eigenvalue weighted by molar-refractivity contribution is 7.99. The summed E-state index contributed by atoms with van der Waals surface area (Å²) in [4.78, 5) is 25.9. The van der Waals surface area contributed by atoms with Gasteiger partial charge in [0.15, 0.2) is 0 Å². The summed E-state index contributed by atoms with van der Waals surface area (Å²) >= 11 is 1.67. The molecule has 0 bridgehead atoms. The highest BCUT2D eigenvalue weighted by atomic mass is 32.2. The first-order valence-electron chi connectivity index (χ1n) is 7.58. The van der Waals surface area contributed by atoms with Gasteiger partial charge in [0.1, 0.15) is 6.04 Å². The highest BCUT2D eigenvalue weighted by Crippen LogP contribution is 2.22. The molecule has 2 N–H and O–H groups in total. The van der Waals surface area contributed by atoms with Gasteiger partial charge in [-0.15, -0.1) is 11.8 Å². The summed E-state index contributed by atoms with van der Waals surface area (Å²) in [5.74, 6) is 2.20. The molecule has 5 nitrogen and oxygen atoms in total. The Morgan fingerprint density at radius 2 is 2.30 bits per heavy atom. The predicted molar refractivity (Wildman–Crippen MR) is 81.5 cm³/mol. The van der Waals surface area contributed by atoms with Crippen molar-refractivity contribution in [2.45, 2.75) is 38.6 Å². The van der Waals surface area contributed by atoms with Crippen LogP contribution in [0.4, 0.5) is 0 Å². The molecule has 2 aliphatic heterocycles.